The van der Waals surface area contributed by atoms with E-state index in [9.17, 15) is 4.79 Å². The van der Waals surface area contributed by atoms with Crippen LogP contribution < -0.4 is 10.5 Å². The number of carbonyl (C=O) groups excluding carboxylic acids is 1. The summed E-state index contributed by atoms with van der Waals surface area (Å²) in [6.07, 6.45) is 7.00. The molecule has 0 spiro atoms. The van der Waals surface area contributed by atoms with Crippen molar-refractivity contribution in [3.8, 4) is 5.88 Å². The lowest BCUT2D eigenvalue weighted by Crippen LogP contribution is -2.47. The summed E-state index contributed by atoms with van der Waals surface area (Å²) in [5, 5.41) is 0. The van der Waals surface area contributed by atoms with Gasteiger partial charge in [0.25, 0.3) is 0 Å². The van der Waals surface area contributed by atoms with E-state index in [1.165, 1.54) is 6.42 Å². The Morgan fingerprint density at radius 2 is 2.15 bits per heavy atom. The fourth-order valence-corrected chi connectivity index (χ4v) is 2.48. The zero-order valence-electron chi connectivity index (χ0n) is 11.9. The number of pyridine rings is 1. The molecule has 1 aromatic heterocycles. The highest BCUT2D eigenvalue weighted by atomic mass is 16.5. The predicted octanol–water partition coefficient (Wildman–Crippen LogP) is 2.30. The summed E-state index contributed by atoms with van der Waals surface area (Å²) in [5.41, 5.74) is 6.37. The van der Waals surface area contributed by atoms with Crippen molar-refractivity contribution in [2.24, 2.45) is 5.73 Å². The van der Waals surface area contributed by atoms with Crippen molar-refractivity contribution in [1.29, 1.82) is 0 Å². The van der Waals surface area contributed by atoms with E-state index in [1.807, 2.05) is 0 Å². The highest BCUT2D eigenvalue weighted by Crippen LogP contribution is 2.27. The second-order valence-electron chi connectivity index (χ2n) is 5.29. The van der Waals surface area contributed by atoms with Crippen LogP contribution in [-0.2, 0) is 4.74 Å². The maximum Gasteiger partial charge on any atom is 0.343 e. The standard InChI is InChI=1S/C15H22N2O3/c1-2-19-14(18)12-7-6-10-17-13(12)20-11-15(16)8-4-3-5-9-15/h6-7,10H,2-5,8-9,11,16H2,1H3. The average molecular weight is 278 g/mol. The first-order chi connectivity index (χ1) is 9.64. The van der Waals surface area contributed by atoms with Gasteiger partial charge >= 0.3 is 5.97 Å². The summed E-state index contributed by atoms with van der Waals surface area (Å²) >= 11 is 0. The minimum absolute atomic E-state index is 0.304. The lowest BCUT2D eigenvalue weighted by molar-refractivity contribution is 0.0518. The molecule has 5 heteroatoms. The van der Waals surface area contributed by atoms with E-state index in [1.54, 1.807) is 25.3 Å². The molecule has 2 N–H and O–H groups in total. The van der Waals surface area contributed by atoms with Crippen molar-refractivity contribution in [3.05, 3.63) is 23.9 Å². The van der Waals surface area contributed by atoms with E-state index in [-0.39, 0.29) is 5.54 Å². The van der Waals surface area contributed by atoms with Crippen LogP contribution in [0.4, 0.5) is 0 Å². The first-order valence-electron chi connectivity index (χ1n) is 7.18. The molecule has 20 heavy (non-hydrogen) atoms. The molecule has 1 aliphatic rings. The largest absolute Gasteiger partial charge is 0.475 e. The van der Waals surface area contributed by atoms with Crippen molar-refractivity contribution in [3.63, 3.8) is 0 Å². The number of hydrogen-bond donors (Lipinski definition) is 1. The maximum absolute atomic E-state index is 11.8. The van der Waals surface area contributed by atoms with E-state index in [0.717, 1.165) is 25.7 Å². The molecular weight excluding hydrogens is 256 g/mol. The van der Waals surface area contributed by atoms with Crippen molar-refractivity contribution in [2.75, 3.05) is 13.2 Å². The van der Waals surface area contributed by atoms with Gasteiger partial charge in [0.05, 0.1) is 12.1 Å². The van der Waals surface area contributed by atoms with Gasteiger partial charge in [-0.3, -0.25) is 0 Å². The number of hydrogen-bond acceptors (Lipinski definition) is 5. The number of carbonyl (C=O) groups is 1. The Hall–Kier alpha value is -1.62. The van der Waals surface area contributed by atoms with E-state index in [0.29, 0.717) is 24.7 Å². The SMILES string of the molecule is CCOC(=O)c1cccnc1OCC1(N)CCCCC1. The van der Waals surface area contributed by atoms with Crippen LogP contribution in [0.25, 0.3) is 0 Å². The highest BCUT2D eigenvalue weighted by molar-refractivity contribution is 5.91. The Labute approximate surface area is 119 Å². The van der Waals surface area contributed by atoms with Crippen LogP contribution in [0.1, 0.15) is 49.4 Å². The number of ether oxygens (including phenoxy) is 2. The second kappa shape index (κ2) is 6.70. The molecule has 0 aromatic carbocycles. The van der Waals surface area contributed by atoms with Crippen molar-refractivity contribution < 1.29 is 14.3 Å². The van der Waals surface area contributed by atoms with Crippen LogP contribution in [-0.4, -0.2) is 29.7 Å². The van der Waals surface area contributed by atoms with Gasteiger partial charge in [-0.1, -0.05) is 19.3 Å². The van der Waals surface area contributed by atoms with Crippen LogP contribution in [0.15, 0.2) is 18.3 Å². The van der Waals surface area contributed by atoms with Crippen molar-refractivity contribution in [1.82, 2.24) is 4.98 Å². The van der Waals surface area contributed by atoms with Crippen molar-refractivity contribution >= 4 is 5.97 Å². The van der Waals surface area contributed by atoms with Gasteiger partial charge in [0.1, 0.15) is 12.2 Å². The van der Waals surface area contributed by atoms with Gasteiger partial charge < -0.3 is 15.2 Å². The van der Waals surface area contributed by atoms with Gasteiger partial charge in [0.2, 0.25) is 5.88 Å². The van der Waals surface area contributed by atoms with Gasteiger partial charge in [-0.05, 0) is 31.9 Å². The van der Waals surface area contributed by atoms with E-state index < -0.39 is 5.97 Å². The molecular formula is C15H22N2O3. The third-order valence-electron chi connectivity index (χ3n) is 3.61. The lowest BCUT2D eigenvalue weighted by atomic mass is 9.83. The monoisotopic (exact) mass is 278 g/mol. The number of esters is 1. The Bertz CT molecular complexity index is 456. The molecule has 0 saturated heterocycles. The minimum Gasteiger partial charge on any atom is -0.475 e. The van der Waals surface area contributed by atoms with Gasteiger partial charge in [-0.25, -0.2) is 9.78 Å². The van der Waals surface area contributed by atoms with Gasteiger partial charge in [0.15, 0.2) is 0 Å². The fourth-order valence-electron chi connectivity index (χ4n) is 2.48. The van der Waals surface area contributed by atoms with Crippen molar-refractivity contribution in [2.45, 2.75) is 44.6 Å². The Morgan fingerprint density at radius 3 is 2.85 bits per heavy atom. The normalized spacial score (nSPS) is 17.5. The molecule has 5 nitrogen and oxygen atoms in total. The molecule has 0 unspecified atom stereocenters. The third kappa shape index (κ3) is 3.70. The number of nitrogens with zero attached hydrogens (tertiary/aromatic N) is 1. The molecule has 1 heterocycles. The number of aromatic nitrogens is 1. The molecule has 1 saturated carbocycles. The van der Waals surface area contributed by atoms with E-state index in [2.05, 4.69) is 4.98 Å². The summed E-state index contributed by atoms with van der Waals surface area (Å²) < 4.78 is 10.7. The molecule has 110 valence electrons. The van der Waals surface area contributed by atoms with Crippen LogP contribution in [0.5, 0.6) is 5.88 Å². The van der Waals surface area contributed by atoms with Crippen LogP contribution in [0.2, 0.25) is 0 Å². The Kier molecular flexibility index (Phi) is 4.95. The maximum atomic E-state index is 11.8. The van der Waals surface area contributed by atoms with Crippen LogP contribution >= 0.6 is 0 Å². The van der Waals surface area contributed by atoms with Crippen LogP contribution in [0.3, 0.4) is 0 Å². The zero-order valence-corrected chi connectivity index (χ0v) is 11.9. The average Bonchev–Trinajstić information content (AvgIpc) is 2.47. The zero-order chi connectivity index (χ0) is 14.4. The Balaban J connectivity index is 2.03. The molecule has 1 aliphatic carbocycles. The van der Waals surface area contributed by atoms with E-state index >= 15 is 0 Å². The second-order valence-corrected chi connectivity index (χ2v) is 5.29. The minimum atomic E-state index is -0.412. The molecule has 0 amide bonds. The molecule has 0 bridgehead atoms. The summed E-state index contributed by atoms with van der Waals surface area (Å²) in [6.45, 7) is 2.48. The molecule has 1 aromatic rings. The smallest absolute Gasteiger partial charge is 0.343 e. The topological polar surface area (TPSA) is 74.4 Å². The fraction of sp³-hybridized carbons (Fsp3) is 0.600. The summed E-state index contributed by atoms with van der Waals surface area (Å²) in [4.78, 5) is 15.9. The predicted molar refractivity (Wildman–Crippen MR) is 75.7 cm³/mol. The summed E-state index contributed by atoms with van der Waals surface area (Å²) in [7, 11) is 0. The summed E-state index contributed by atoms with van der Waals surface area (Å²) in [5.74, 6) is -0.105. The highest BCUT2D eigenvalue weighted by Gasteiger charge is 2.29. The number of nitrogens with two attached hydrogens (primary N) is 1. The first-order valence-corrected chi connectivity index (χ1v) is 7.18. The van der Waals surface area contributed by atoms with Crippen LogP contribution in [0, 0.1) is 0 Å². The number of rotatable bonds is 5. The van der Waals surface area contributed by atoms with E-state index in [4.69, 9.17) is 15.2 Å². The molecule has 1 fully saturated rings. The first kappa shape index (κ1) is 14.8. The van der Waals surface area contributed by atoms with Gasteiger partial charge in [-0.15, -0.1) is 0 Å². The summed E-state index contributed by atoms with van der Waals surface area (Å²) in [6, 6.07) is 3.35. The third-order valence-corrected chi connectivity index (χ3v) is 3.61. The quantitative estimate of drug-likeness (QED) is 0.836. The molecule has 0 atom stereocenters. The molecule has 0 radical (unpaired) electrons. The van der Waals surface area contributed by atoms with Gasteiger partial charge in [-0.2, -0.15) is 0 Å². The van der Waals surface area contributed by atoms with Gasteiger partial charge in [0, 0.05) is 6.20 Å². The Morgan fingerprint density at radius 1 is 1.40 bits per heavy atom. The lowest BCUT2D eigenvalue weighted by Gasteiger charge is -2.32. The molecule has 0 aliphatic heterocycles. The molecule has 2 rings (SSSR count).